The van der Waals surface area contributed by atoms with Crippen LogP contribution in [-0.4, -0.2) is 0 Å². The molecule has 0 radical (unpaired) electrons. The van der Waals surface area contributed by atoms with Crippen LogP contribution in [0.3, 0.4) is 0 Å². The summed E-state index contributed by atoms with van der Waals surface area (Å²) in [5.41, 5.74) is 15.4. The molecule has 0 aliphatic carbocycles. The molecule has 0 atom stereocenters. The van der Waals surface area contributed by atoms with Gasteiger partial charge in [0.1, 0.15) is 0 Å². The third kappa shape index (κ3) is 12.6. The molecule has 0 fully saturated rings. The largest absolute Gasteiger partial charge is 0.699 e. The van der Waals surface area contributed by atoms with Crippen LogP contribution in [0.2, 0.25) is 0 Å². The Morgan fingerprint density at radius 1 is 0.789 bits per heavy atom. The Balaban J connectivity index is 0.000000284. The molecule has 0 unspecified atom stereocenters. The third-order valence-electron chi connectivity index (χ3n) is 1.65. The molecule has 2 aromatic rings. The molecular formula is C12H10Br2I2N2Pt. The van der Waals surface area contributed by atoms with E-state index in [2.05, 4.69) is 71.8 Å². The molecule has 0 bridgehead atoms. The van der Waals surface area contributed by atoms with E-state index in [9.17, 15) is 0 Å². The van der Waals surface area contributed by atoms with Crippen LogP contribution in [0.25, 0.3) is 11.5 Å². The molecule has 0 aliphatic heterocycles. The summed E-state index contributed by atoms with van der Waals surface area (Å²) in [5, 5.41) is 0. The quantitative estimate of drug-likeness (QED) is 0.247. The Morgan fingerprint density at radius 3 is 1.26 bits per heavy atom. The zero-order valence-electron chi connectivity index (χ0n) is 9.45. The Labute approximate surface area is 162 Å². The smallest absolute Gasteiger partial charge is 0.0118 e. The first-order chi connectivity index (χ1) is 8.99. The normalized spacial score (nSPS) is 8.84. The van der Waals surface area contributed by atoms with Gasteiger partial charge < -0.3 is 11.5 Å². The summed E-state index contributed by atoms with van der Waals surface area (Å²) >= 11 is 10.9. The van der Waals surface area contributed by atoms with Gasteiger partial charge in [0.25, 0.3) is 0 Å². The average Bonchev–Trinajstić information content (AvgIpc) is 2.30. The second kappa shape index (κ2) is 12.9. The zero-order chi connectivity index (χ0) is 14.7. The molecule has 106 valence electrons. The Bertz CT molecular complexity index is 409. The van der Waals surface area contributed by atoms with E-state index in [1.807, 2.05) is 36.4 Å². The molecule has 2 rings (SSSR count). The van der Waals surface area contributed by atoms with Crippen LogP contribution in [-0.2, 0) is 14.5 Å². The van der Waals surface area contributed by atoms with Crippen LogP contribution in [0.15, 0.2) is 48.5 Å². The number of benzene rings is 2. The van der Waals surface area contributed by atoms with Gasteiger partial charge in [0.15, 0.2) is 0 Å². The van der Waals surface area contributed by atoms with E-state index in [0.717, 1.165) is 7.14 Å². The van der Waals surface area contributed by atoms with Crippen LogP contribution in [0, 0.1) is 7.14 Å². The van der Waals surface area contributed by atoms with Crippen molar-refractivity contribution in [3.63, 3.8) is 0 Å². The fraction of sp³-hybridized carbons (Fsp3) is 0. The summed E-state index contributed by atoms with van der Waals surface area (Å²) in [6.07, 6.45) is 0. The number of nitrogens with one attached hydrogen (secondary N) is 2. The Morgan fingerprint density at radius 2 is 1.11 bits per heavy atom. The monoisotopic (exact) mass is 789 g/mol. The number of rotatable bonds is 0. The van der Waals surface area contributed by atoms with Crippen LogP contribution in [0.5, 0.6) is 0 Å². The summed E-state index contributed by atoms with van der Waals surface area (Å²) < 4.78 is 2.24. The summed E-state index contributed by atoms with van der Waals surface area (Å²) in [6, 6.07) is 14.9. The van der Waals surface area contributed by atoms with Crippen molar-refractivity contribution in [1.29, 1.82) is 0 Å². The topological polar surface area (TPSA) is 47.6 Å². The Hall–Kier alpha value is 1.15. The summed E-state index contributed by atoms with van der Waals surface area (Å²) in [5.74, 6) is 0. The zero-order valence-corrected chi connectivity index (χ0v) is 19.2. The van der Waals surface area contributed by atoms with Crippen molar-refractivity contribution in [2.24, 2.45) is 0 Å². The standard InChI is InChI=1S/2C6H5IN.2BrH.Pt/c2*7-5-2-1-3-6(8)4-5;;;/h2*1-4,8H;2*1H;/q2*-1;;;+4/p-2. The third-order valence-corrected chi connectivity index (χ3v) is 2.99. The fourth-order valence-electron chi connectivity index (χ4n) is 0.977. The van der Waals surface area contributed by atoms with Crippen molar-refractivity contribution in [2.45, 2.75) is 0 Å². The molecular weight excluding hydrogens is 781 g/mol. The number of hydrogen-bond acceptors (Lipinski definition) is 0. The second-order valence-electron chi connectivity index (χ2n) is 3.07. The SMILES string of the molecule is [Br][Pt+2][Br].[NH-]c1cccc(I)c1.[NH-]c1cccc(I)c1. The van der Waals surface area contributed by atoms with Gasteiger partial charge in [-0.05, 0) is 57.3 Å². The van der Waals surface area contributed by atoms with E-state index in [4.69, 9.17) is 11.5 Å². The molecule has 2 nitrogen and oxygen atoms in total. The molecule has 19 heavy (non-hydrogen) atoms. The van der Waals surface area contributed by atoms with Crippen molar-refractivity contribution in [1.82, 2.24) is 0 Å². The predicted octanol–water partition coefficient (Wildman–Crippen LogP) is 7.64. The van der Waals surface area contributed by atoms with Gasteiger partial charge in [-0.25, -0.2) is 0 Å². The van der Waals surface area contributed by atoms with Crippen molar-refractivity contribution in [2.75, 3.05) is 0 Å². The Kier molecular flexibility index (Phi) is 13.6. The van der Waals surface area contributed by atoms with Gasteiger partial charge in [0.2, 0.25) is 0 Å². The fourth-order valence-corrected chi connectivity index (χ4v) is 2.06. The van der Waals surface area contributed by atoms with E-state index in [1.165, 1.54) is 0 Å². The van der Waals surface area contributed by atoms with Gasteiger partial charge in [0, 0.05) is 7.14 Å². The maximum Gasteiger partial charge on any atom is 0.0118 e. The van der Waals surface area contributed by atoms with E-state index in [0.29, 0.717) is 11.4 Å². The molecule has 0 saturated carbocycles. The van der Waals surface area contributed by atoms with Crippen LogP contribution in [0.4, 0.5) is 11.4 Å². The minimum Gasteiger partial charge on any atom is -0.699 e. The van der Waals surface area contributed by atoms with Crippen LogP contribution in [0.1, 0.15) is 0 Å². The van der Waals surface area contributed by atoms with Gasteiger partial charge in [-0.3, -0.25) is 0 Å². The van der Waals surface area contributed by atoms with Crippen molar-refractivity contribution < 1.29 is 14.5 Å². The van der Waals surface area contributed by atoms with Gasteiger partial charge in [-0.1, -0.05) is 36.4 Å². The first kappa shape index (κ1) is 20.1. The molecule has 0 aromatic heterocycles. The van der Waals surface area contributed by atoms with Crippen molar-refractivity contribution >= 4 is 83.2 Å². The summed E-state index contributed by atoms with van der Waals surface area (Å²) in [4.78, 5) is 0. The minimum atomic E-state index is 0.208. The average molecular weight is 791 g/mol. The second-order valence-corrected chi connectivity index (χ2v) is 15.5. The van der Waals surface area contributed by atoms with Crippen molar-refractivity contribution in [3.8, 4) is 0 Å². The first-order valence-electron chi connectivity index (χ1n) is 4.76. The maximum atomic E-state index is 7.13. The van der Waals surface area contributed by atoms with Crippen LogP contribution < -0.4 is 0 Å². The van der Waals surface area contributed by atoms with Gasteiger partial charge in [-0.2, -0.15) is 0 Å². The van der Waals surface area contributed by atoms with Crippen LogP contribution >= 0.6 is 71.8 Å². The van der Waals surface area contributed by atoms with Crippen molar-refractivity contribution in [3.05, 3.63) is 67.1 Å². The predicted molar refractivity (Wildman–Crippen MR) is 104 cm³/mol. The van der Waals surface area contributed by atoms with E-state index in [1.54, 1.807) is 12.1 Å². The van der Waals surface area contributed by atoms with Gasteiger partial charge in [0.05, 0.1) is 0 Å². The van der Waals surface area contributed by atoms with Gasteiger partial charge >= 0.3 is 41.0 Å². The first-order valence-corrected chi connectivity index (χ1v) is 16.8. The molecule has 0 spiro atoms. The molecule has 7 heteroatoms. The minimum absolute atomic E-state index is 0.208. The van der Waals surface area contributed by atoms with E-state index in [-0.39, 0.29) is 14.5 Å². The number of hydrogen-bond donors (Lipinski definition) is 0. The van der Waals surface area contributed by atoms with E-state index >= 15 is 0 Å². The van der Waals surface area contributed by atoms with E-state index < -0.39 is 0 Å². The number of halogens is 4. The molecule has 0 heterocycles. The van der Waals surface area contributed by atoms with Gasteiger partial charge in [-0.15, -0.1) is 11.4 Å². The molecule has 0 saturated heterocycles. The molecule has 0 amide bonds. The molecule has 2 N–H and O–H groups in total. The molecule has 2 aromatic carbocycles. The molecule has 0 aliphatic rings. The summed E-state index contributed by atoms with van der Waals surface area (Å²) in [7, 11) is 0. The summed E-state index contributed by atoms with van der Waals surface area (Å²) in [6.45, 7) is 0. The maximum absolute atomic E-state index is 7.13.